The van der Waals surface area contributed by atoms with E-state index >= 15 is 0 Å². The Labute approximate surface area is 294 Å². The molecule has 5 aromatic rings. The molecule has 2 aromatic heterocycles. The van der Waals surface area contributed by atoms with Crippen molar-refractivity contribution in [1.29, 1.82) is 0 Å². The second-order valence-electron chi connectivity index (χ2n) is 10.9. The summed E-state index contributed by atoms with van der Waals surface area (Å²) in [6.07, 6.45) is -3.20. The third-order valence-corrected chi connectivity index (χ3v) is 8.04. The number of benzene rings is 3. The van der Waals surface area contributed by atoms with E-state index in [1.807, 2.05) is 0 Å². The van der Waals surface area contributed by atoms with E-state index in [0.717, 1.165) is 60.7 Å². The number of ether oxygens (including phenoxy) is 4. The van der Waals surface area contributed by atoms with Crippen LogP contribution in [0.2, 0.25) is 0 Å². The third-order valence-electron chi connectivity index (χ3n) is 7.75. The number of carbonyl (C=O) groups excluding carboxylic acids is 3. The number of nitro groups is 3. The molecular weight excluding hydrogens is 710 g/mol. The van der Waals surface area contributed by atoms with Gasteiger partial charge in [-0.15, -0.1) is 0 Å². The van der Waals surface area contributed by atoms with Crippen molar-refractivity contribution < 1.29 is 48.1 Å². The largest absolute Gasteiger partial charge is 0.459 e. The molecule has 0 amide bonds. The molecule has 4 atom stereocenters. The Morgan fingerprint density at radius 2 is 1.19 bits per heavy atom. The quantitative estimate of drug-likeness (QED) is 0.0647. The maximum absolute atomic E-state index is 13.5. The molecule has 1 fully saturated rings. The Morgan fingerprint density at radius 3 is 1.67 bits per heavy atom. The molecule has 0 bridgehead atoms. The molecule has 264 valence electrons. The van der Waals surface area contributed by atoms with Crippen molar-refractivity contribution in [2.45, 2.75) is 24.5 Å². The van der Waals surface area contributed by atoms with Crippen LogP contribution in [0.5, 0.6) is 0 Å². The fourth-order valence-corrected chi connectivity index (χ4v) is 5.38. The van der Waals surface area contributed by atoms with E-state index < -0.39 is 63.8 Å². The topological polar surface area (TPSA) is 264 Å². The maximum Gasteiger partial charge on any atom is 0.338 e. The van der Waals surface area contributed by atoms with E-state index in [0.29, 0.717) is 0 Å². The van der Waals surface area contributed by atoms with Crippen molar-refractivity contribution in [2.75, 3.05) is 6.61 Å². The Hall–Kier alpha value is -7.00. The summed E-state index contributed by atoms with van der Waals surface area (Å²) >= 11 is 5.27. The Morgan fingerprint density at radius 1 is 0.731 bits per heavy atom. The first-order valence-corrected chi connectivity index (χ1v) is 15.2. The van der Waals surface area contributed by atoms with E-state index in [2.05, 4.69) is 15.0 Å². The van der Waals surface area contributed by atoms with Gasteiger partial charge in [-0.25, -0.2) is 24.4 Å². The number of aromatic nitrogens is 4. The molecular formula is C31H21N7O13S. The Kier molecular flexibility index (Phi) is 9.69. The fourth-order valence-electron chi connectivity index (χ4n) is 5.18. The number of carbonyl (C=O) groups is 3. The zero-order valence-corrected chi connectivity index (χ0v) is 26.8. The van der Waals surface area contributed by atoms with Crippen LogP contribution < -0.4 is 0 Å². The van der Waals surface area contributed by atoms with Crippen LogP contribution in [0.3, 0.4) is 0 Å². The zero-order valence-electron chi connectivity index (χ0n) is 26.0. The van der Waals surface area contributed by atoms with Crippen LogP contribution in [0.1, 0.15) is 37.3 Å². The zero-order chi connectivity index (χ0) is 37.1. The van der Waals surface area contributed by atoms with Crippen molar-refractivity contribution in [3.8, 4) is 0 Å². The molecule has 0 aliphatic carbocycles. The smallest absolute Gasteiger partial charge is 0.338 e. The molecule has 1 aliphatic rings. The molecule has 0 unspecified atom stereocenters. The van der Waals surface area contributed by atoms with Gasteiger partial charge in [0, 0.05) is 36.4 Å². The minimum atomic E-state index is -1.54. The van der Waals surface area contributed by atoms with Crippen molar-refractivity contribution in [3.63, 3.8) is 0 Å². The summed E-state index contributed by atoms with van der Waals surface area (Å²) in [5.41, 5.74) is -0.670. The van der Waals surface area contributed by atoms with Gasteiger partial charge >= 0.3 is 17.9 Å². The molecule has 1 N–H and O–H groups in total. The standard InChI is InChI=1S/C31H21N7O13S/c39-29(16-1-7-19(8-2-16)36(42)43)48-13-22-24(50-30(40)17-3-9-20(10-4-17)37(44)45)25(51-31(41)18-5-11-21(12-6-18)38(46)47)28(49-22)35-15-34-23-26(35)32-14-33-27(23)52/h1-12,14-15,22,24-25,28H,13H2,(H,32,33,52)/t22-,24-,25+,28-/m0/s1. The lowest BCUT2D eigenvalue weighted by Crippen LogP contribution is -2.41. The summed E-state index contributed by atoms with van der Waals surface area (Å²) in [4.78, 5) is 82.5. The van der Waals surface area contributed by atoms with Crippen molar-refractivity contribution in [1.82, 2.24) is 19.5 Å². The fraction of sp³-hybridized carbons (Fsp3) is 0.161. The molecule has 6 rings (SSSR count). The number of hydrogen-bond donors (Lipinski definition) is 1. The number of non-ortho nitro benzene ring substituents is 3. The van der Waals surface area contributed by atoms with Gasteiger partial charge in [-0.05, 0) is 36.4 Å². The third kappa shape index (κ3) is 7.15. The van der Waals surface area contributed by atoms with E-state index in [-0.39, 0.29) is 49.6 Å². The molecule has 21 heteroatoms. The molecule has 0 saturated carbocycles. The van der Waals surface area contributed by atoms with Gasteiger partial charge in [0.25, 0.3) is 17.1 Å². The second-order valence-corrected chi connectivity index (χ2v) is 11.3. The number of nitrogens with one attached hydrogen (secondary N) is 1. The first-order chi connectivity index (χ1) is 24.9. The van der Waals surface area contributed by atoms with Gasteiger partial charge in [0.05, 0.1) is 44.1 Å². The maximum atomic E-state index is 13.5. The summed E-state index contributed by atoms with van der Waals surface area (Å²) < 4.78 is 24.9. The van der Waals surface area contributed by atoms with Crippen LogP contribution >= 0.6 is 12.2 Å². The molecule has 3 aromatic carbocycles. The van der Waals surface area contributed by atoms with E-state index in [1.165, 1.54) is 29.4 Å². The van der Waals surface area contributed by atoms with Crippen molar-refractivity contribution in [2.24, 2.45) is 0 Å². The second kappa shape index (κ2) is 14.5. The first-order valence-electron chi connectivity index (χ1n) is 14.8. The van der Waals surface area contributed by atoms with Gasteiger partial charge in [0.1, 0.15) is 23.9 Å². The number of fused-ring (bicyclic) bond motifs is 1. The van der Waals surface area contributed by atoms with Crippen LogP contribution in [0.15, 0.2) is 85.5 Å². The van der Waals surface area contributed by atoms with Gasteiger partial charge in [-0.3, -0.25) is 34.9 Å². The number of nitro benzene ring substituents is 3. The predicted octanol–water partition coefficient (Wildman–Crippen LogP) is 4.42. The normalized spacial score (nSPS) is 18.0. The lowest BCUT2D eigenvalue weighted by Gasteiger charge is -2.25. The summed E-state index contributed by atoms with van der Waals surface area (Å²) in [5, 5.41) is 33.4. The number of nitrogens with zero attached hydrogens (tertiary/aromatic N) is 6. The lowest BCUT2D eigenvalue weighted by atomic mass is 10.1. The molecule has 0 spiro atoms. The first kappa shape index (κ1) is 34.8. The molecule has 52 heavy (non-hydrogen) atoms. The molecule has 1 aliphatic heterocycles. The number of aromatic amines is 1. The minimum absolute atomic E-state index is 0.0543. The summed E-state index contributed by atoms with van der Waals surface area (Å²) in [6.45, 7) is -0.611. The monoisotopic (exact) mass is 731 g/mol. The minimum Gasteiger partial charge on any atom is -0.459 e. The highest BCUT2D eigenvalue weighted by molar-refractivity contribution is 7.71. The van der Waals surface area contributed by atoms with Crippen molar-refractivity contribution in [3.05, 3.63) is 137 Å². The highest BCUT2D eigenvalue weighted by atomic mass is 32.1. The lowest BCUT2D eigenvalue weighted by molar-refractivity contribution is -0.385. The van der Waals surface area contributed by atoms with Gasteiger partial charge in [-0.2, -0.15) is 0 Å². The van der Waals surface area contributed by atoms with E-state index in [4.69, 9.17) is 31.2 Å². The molecule has 1 saturated heterocycles. The van der Waals surface area contributed by atoms with Gasteiger partial charge in [0.2, 0.25) is 0 Å². The predicted molar refractivity (Wildman–Crippen MR) is 175 cm³/mol. The van der Waals surface area contributed by atoms with Gasteiger partial charge < -0.3 is 23.9 Å². The molecule has 0 radical (unpaired) electrons. The summed E-state index contributed by atoms with van der Waals surface area (Å²) in [7, 11) is 0. The number of H-pyrrole nitrogens is 1. The van der Waals surface area contributed by atoms with Crippen LogP contribution in [0, 0.1) is 35.0 Å². The van der Waals surface area contributed by atoms with E-state index in [1.54, 1.807) is 0 Å². The van der Waals surface area contributed by atoms with Crippen LogP contribution in [-0.4, -0.2) is 77.1 Å². The number of esters is 3. The van der Waals surface area contributed by atoms with Gasteiger partial charge in [0.15, 0.2) is 23.1 Å². The van der Waals surface area contributed by atoms with Gasteiger partial charge in [-0.1, -0.05) is 12.2 Å². The highest BCUT2D eigenvalue weighted by Crippen LogP contribution is 2.37. The number of rotatable bonds is 11. The van der Waals surface area contributed by atoms with Crippen molar-refractivity contribution >= 4 is 58.4 Å². The highest BCUT2D eigenvalue weighted by Gasteiger charge is 2.52. The SMILES string of the molecule is O=C(OC[C@@H]1O[C@H](n2cnc3c(=S)nc[nH]c32)[C@H](OC(=O)c2ccc([N+](=O)[O-])cc2)[C@H]1OC(=O)c1ccc([N+](=O)[O-])cc1)c1ccc([N+](=O)[O-])cc1. The van der Waals surface area contributed by atoms with Crippen LogP contribution in [0.4, 0.5) is 17.1 Å². The van der Waals surface area contributed by atoms with Crippen LogP contribution in [0.25, 0.3) is 11.2 Å². The average Bonchev–Trinajstić information content (AvgIpc) is 3.72. The number of hydrogen-bond acceptors (Lipinski definition) is 16. The summed E-state index contributed by atoms with van der Waals surface area (Å²) in [5.74, 6) is -2.95. The molecule has 20 nitrogen and oxygen atoms in total. The van der Waals surface area contributed by atoms with E-state index in [9.17, 15) is 44.7 Å². The number of imidazole rings is 1. The Bertz CT molecular complexity index is 2280. The Balaban J connectivity index is 1.36. The average molecular weight is 732 g/mol. The molecule has 3 heterocycles. The summed E-state index contributed by atoms with van der Waals surface area (Å²) in [6, 6.07) is 13.5. The van der Waals surface area contributed by atoms with Crippen LogP contribution in [-0.2, 0) is 18.9 Å².